The van der Waals surface area contributed by atoms with Gasteiger partial charge in [0.15, 0.2) is 11.6 Å². The van der Waals surface area contributed by atoms with Crippen molar-refractivity contribution in [2.24, 2.45) is 12.8 Å². The van der Waals surface area contributed by atoms with E-state index in [9.17, 15) is 0 Å². The van der Waals surface area contributed by atoms with E-state index in [1.54, 1.807) is 4.68 Å². The standard InChI is InChI=1S/C12H17N5/c1-16(2)10-6-4-9(5-7-10)12-14-11(8-13)15-17(12)3/h4-7H,8,13H2,1-3H3. The number of nitrogens with zero attached hydrogens (tertiary/aromatic N) is 4. The largest absolute Gasteiger partial charge is 0.378 e. The fourth-order valence-corrected chi connectivity index (χ4v) is 1.68. The Balaban J connectivity index is 2.36. The van der Waals surface area contributed by atoms with Crippen LogP contribution in [-0.4, -0.2) is 28.9 Å². The van der Waals surface area contributed by atoms with Crippen molar-refractivity contribution in [2.75, 3.05) is 19.0 Å². The van der Waals surface area contributed by atoms with E-state index < -0.39 is 0 Å². The Labute approximate surface area is 101 Å². The molecule has 0 aliphatic heterocycles. The quantitative estimate of drug-likeness (QED) is 0.856. The molecule has 1 aromatic heterocycles. The first-order valence-corrected chi connectivity index (χ1v) is 5.49. The molecule has 0 unspecified atom stereocenters. The van der Waals surface area contributed by atoms with Gasteiger partial charge in [-0.25, -0.2) is 9.67 Å². The Morgan fingerprint density at radius 3 is 2.35 bits per heavy atom. The van der Waals surface area contributed by atoms with E-state index in [0.717, 1.165) is 17.1 Å². The molecular formula is C12H17N5. The number of anilines is 1. The minimum Gasteiger partial charge on any atom is -0.378 e. The van der Waals surface area contributed by atoms with Gasteiger partial charge in [0.05, 0.1) is 6.54 Å². The summed E-state index contributed by atoms with van der Waals surface area (Å²) < 4.78 is 1.76. The topological polar surface area (TPSA) is 60.0 Å². The highest BCUT2D eigenvalue weighted by molar-refractivity contribution is 5.60. The molecule has 2 aromatic rings. The average Bonchev–Trinajstić information content (AvgIpc) is 2.71. The third kappa shape index (κ3) is 2.29. The molecule has 0 radical (unpaired) electrons. The molecule has 0 bridgehead atoms. The fraction of sp³-hybridized carbons (Fsp3) is 0.333. The molecule has 5 nitrogen and oxygen atoms in total. The second-order valence-electron chi connectivity index (χ2n) is 4.12. The van der Waals surface area contributed by atoms with Gasteiger partial charge in [-0.3, -0.25) is 0 Å². The number of aryl methyl sites for hydroxylation is 1. The van der Waals surface area contributed by atoms with Crippen LogP contribution in [0, 0.1) is 0 Å². The fourth-order valence-electron chi connectivity index (χ4n) is 1.68. The SMILES string of the molecule is CN(C)c1ccc(-c2nc(CN)nn2C)cc1. The summed E-state index contributed by atoms with van der Waals surface area (Å²) >= 11 is 0. The van der Waals surface area contributed by atoms with Gasteiger partial charge in [0.2, 0.25) is 0 Å². The van der Waals surface area contributed by atoms with Crippen LogP contribution in [0.15, 0.2) is 24.3 Å². The maximum atomic E-state index is 5.53. The Morgan fingerprint density at radius 1 is 1.24 bits per heavy atom. The Morgan fingerprint density at radius 2 is 1.88 bits per heavy atom. The Hall–Kier alpha value is -1.88. The van der Waals surface area contributed by atoms with Crippen molar-refractivity contribution in [1.82, 2.24) is 14.8 Å². The van der Waals surface area contributed by atoms with Crippen LogP contribution < -0.4 is 10.6 Å². The highest BCUT2D eigenvalue weighted by Gasteiger charge is 2.08. The van der Waals surface area contributed by atoms with E-state index in [0.29, 0.717) is 12.4 Å². The summed E-state index contributed by atoms with van der Waals surface area (Å²) in [4.78, 5) is 6.45. The molecule has 0 spiro atoms. The predicted octanol–water partition coefficient (Wildman–Crippen LogP) is 1.01. The van der Waals surface area contributed by atoms with Crippen LogP contribution in [0.5, 0.6) is 0 Å². The molecule has 0 aliphatic carbocycles. The maximum absolute atomic E-state index is 5.53. The molecule has 1 heterocycles. The molecule has 5 heteroatoms. The van der Waals surface area contributed by atoms with Crippen LogP contribution in [0.3, 0.4) is 0 Å². The summed E-state index contributed by atoms with van der Waals surface area (Å²) in [6.07, 6.45) is 0. The second-order valence-corrected chi connectivity index (χ2v) is 4.12. The lowest BCUT2D eigenvalue weighted by molar-refractivity contribution is 0.749. The van der Waals surface area contributed by atoms with Crippen molar-refractivity contribution in [2.45, 2.75) is 6.54 Å². The van der Waals surface area contributed by atoms with Crippen molar-refractivity contribution in [3.05, 3.63) is 30.1 Å². The van der Waals surface area contributed by atoms with E-state index in [-0.39, 0.29) is 0 Å². The Kier molecular flexibility index (Phi) is 3.10. The van der Waals surface area contributed by atoms with Gasteiger partial charge in [-0.2, -0.15) is 5.10 Å². The van der Waals surface area contributed by atoms with Crippen molar-refractivity contribution in [3.8, 4) is 11.4 Å². The van der Waals surface area contributed by atoms with Crippen molar-refractivity contribution in [3.63, 3.8) is 0 Å². The molecule has 2 rings (SSSR count). The van der Waals surface area contributed by atoms with Crippen LogP contribution in [-0.2, 0) is 13.6 Å². The summed E-state index contributed by atoms with van der Waals surface area (Å²) in [6.45, 7) is 0.365. The lowest BCUT2D eigenvalue weighted by Crippen LogP contribution is -2.08. The highest BCUT2D eigenvalue weighted by atomic mass is 15.3. The number of hydrogen-bond donors (Lipinski definition) is 1. The summed E-state index contributed by atoms with van der Waals surface area (Å²) in [7, 11) is 5.91. The zero-order valence-corrected chi connectivity index (χ0v) is 10.4. The van der Waals surface area contributed by atoms with Crippen LogP contribution >= 0.6 is 0 Å². The van der Waals surface area contributed by atoms with Crippen LogP contribution in [0.25, 0.3) is 11.4 Å². The monoisotopic (exact) mass is 231 g/mol. The van der Waals surface area contributed by atoms with Gasteiger partial charge in [0.25, 0.3) is 0 Å². The summed E-state index contributed by atoms with van der Waals surface area (Å²) in [5, 5.41) is 4.23. The van der Waals surface area contributed by atoms with Gasteiger partial charge in [0.1, 0.15) is 0 Å². The van der Waals surface area contributed by atoms with E-state index in [4.69, 9.17) is 5.73 Å². The molecule has 0 atom stereocenters. The lowest BCUT2D eigenvalue weighted by atomic mass is 10.2. The van der Waals surface area contributed by atoms with E-state index >= 15 is 0 Å². The number of benzene rings is 1. The normalized spacial score (nSPS) is 10.6. The zero-order chi connectivity index (χ0) is 12.4. The number of aromatic nitrogens is 3. The molecular weight excluding hydrogens is 214 g/mol. The molecule has 1 aromatic carbocycles. The molecule has 17 heavy (non-hydrogen) atoms. The molecule has 2 N–H and O–H groups in total. The Bertz CT molecular complexity index is 498. The first-order valence-electron chi connectivity index (χ1n) is 5.49. The zero-order valence-electron chi connectivity index (χ0n) is 10.4. The molecule has 90 valence electrons. The van der Waals surface area contributed by atoms with E-state index in [2.05, 4.69) is 27.1 Å². The van der Waals surface area contributed by atoms with Crippen molar-refractivity contribution in [1.29, 1.82) is 0 Å². The maximum Gasteiger partial charge on any atom is 0.164 e. The van der Waals surface area contributed by atoms with E-state index in [1.165, 1.54) is 0 Å². The second kappa shape index (κ2) is 4.55. The van der Waals surface area contributed by atoms with Gasteiger partial charge >= 0.3 is 0 Å². The predicted molar refractivity (Wildman–Crippen MR) is 68.7 cm³/mol. The van der Waals surface area contributed by atoms with Crippen molar-refractivity contribution >= 4 is 5.69 Å². The molecule has 0 amide bonds. The summed E-state index contributed by atoms with van der Waals surface area (Å²) in [5.41, 5.74) is 7.74. The number of hydrogen-bond acceptors (Lipinski definition) is 4. The van der Waals surface area contributed by atoms with Crippen molar-refractivity contribution < 1.29 is 0 Å². The van der Waals surface area contributed by atoms with Gasteiger partial charge in [-0.05, 0) is 24.3 Å². The van der Waals surface area contributed by atoms with Crippen LogP contribution in [0.1, 0.15) is 5.82 Å². The van der Waals surface area contributed by atoms with Gasteiger partial charge in [-0.15, -0.1) is 0 Å². The molecule has 0 saturated heterocycles. The lowest BCUT2D eigenvalue weighted by Gasteiger charge is -2.12. The highest BCUT2D eigenvalue weighted by Crippen LogP contribution is 2.20. The minimum absolute atomic E-state index is 0.365. The first kappa shape index (κ1) is 11.6. The van der Waals surface area contributed by atoms with E-state index in [1.807, 2.05) is 33.3 Å². The summed E-state index contributed by atoms with van der Waals surface area (Å²) in [6, 6.07) is 8.21. The first-order chi connectivity index (χ1) is 8.11. The summed E-state index contributed by atoms with van der Waals surface area (Å²) in [5.74, 6) is 1.51. The number of rotatable bonds is 3. The van der Waals surface area contributed by atoms with Crippen LogP contribution in [0.4, 0.5) is 5.69 Å². The average molecular weight is 231 g/mol. The minimum atomic E-state index is 0.365. The van der Waals surface area contributed by atoms with Gasteiger partial charge in [-0.1, -0.05) is 0 Å². The smallest absolute Gasteiger partial charge is 0.164 e. The third-order valence-corrected chi connectivity index (χ3v) is 2.63. The third-order valence-electron chi connectivity index (χ3n) is 2.63. The molecule has 0 aliphatic rings. The van der Waals surface area contributed by atoms with Crippen LogP contribution in [0.2, 0.25) is 0 Å². The number of nitrogens with two attached hydrogens (primary N) is 1. The van der Waals surface area contributed by atoms with Gasteiger partial charge in [0, 0.05) is 32.4 Å². The molecule has 0 fully saturated rings. The van der Waals surface area contributed by atoms with Gasteiger partial charge < -0.3 is 10.6 Å². The molecule has 0 saturated carbocycles.